The summed E-state index contributed by atoms with van der Waals surface area (Å²) in [5, 5.41) is 9.15. The Morgan fingerprint density at radius 3 is 2.22 bits per heavy atom. The number of nitrogens with zero attached hydrogens (tertiary/aromatic N) is 2. The van der Waals surface area contributed by atoms with E-state index in [-0.39, 0.29) is 42.4 Å². The van der Waals surface area contributed by atoms with Gasteiger partial charge in [0.05, 0.1) is 36.9 Å². The summed E-state index contributed by atoms with van der Waals surface area (Å²) in [6.45, 7) is 1.10. The Morgan fingerprint density at radius 1 is 0.919 bits per heavy atom. The third-order valence-electron chi connectivity index (χ3n) is 7.96. The molecule has 0 N–H and O–H groups in total. The third kappa shape index (κ3) is 4.41. The minimum atomic E-state index is -0.326. The van der Waals surface area contributed by atoms with Gasteiger partial charge in [0.15, 0.2) is 0 Å². The van der Waals surface area contributed by atoms with Gasteiger partial charge < -0.3 is 9.47 Å². The number of hydrogen-bond acceptors (Lipinski definition) is 5. The van der Waals surface area contributed by atoms with Gasteiger partial charge in [-0.05, 0) is 52.8 Å². The standard InChI is InChI=1S/C31H28N2O4/c32-16-21-7-5-6-20(12-21)13-30(34)22-14-23-17-36-18-24(15-22)33(23)31(35)37-19-29-27-10-3-1-8-25(27)26-9-2-4-11-28(26)29/h1-12,22-24,29H,13-15,17-19H2. The first kappa shape index (κ1) is 23.4. The molecule has 2 bridgehead atoms. The smallest absolute Gasteiger partial charge is 0.410 e. The van der Waals surface area contributed by atoms with Gasteiger partial charge in [-0.1, -0.05) is 60.7 Å². The maximum absolute atomic E-state index is 13.4. The van der Waals surface area contributed by atoms with Gasteiger partial charge in [0.2, 0.25) is 0 Å². The first-order chi connectivity index (χ1) is 18.1. The Balaban J connectivity index is 1.13. The van der Waals surface area contributed by atoms with Crippen molar-refractivity contribution in [3.63, 3.8) is 0 Å². The average Bonchev–Trinajstić information content (AvgIpc) is 3.24. The fourth-order valence-corrected chi connectivity index (χ4v) is 6.24. The molecule has 3 aromatic carbocycles. The van der Waals surface area contributed by atoms with Gasteiger partial charge in [-0.15, -0.1) is 0 Å². The highest BCUT2D eigenvalue weighted by Crippen LogP contribution is 2.44. The number of nitriles is 1. The van der Waals surface area contributed by atoms with Crippen LogP contribution in [-0.4, -0.2) is 48.7 Å². The van der Waals surface area contributed by atoms with Crippen molar-refractivity contribution < 1.29 is 19.1 Å². The number of amides is 1. The topological polar surface area (TPSA) is 79.6 Å². The molecule has 2 heterocycles. The summed E-state index contributed by atoms with van der Waals surface area (Å²) in [6, 6.07) is 25.6. The van der Waals surface area contributed by atoms with E-state index in [9.17, 15) is 9.59 Å². The number of ketones is 1. The van der Waals surface area contributed by atoms with Crippen molar-refractivity contribution in [2.45, 2.75) is 37.3 Å². The van der Waals surface area contributed by atoms with Crippen LogP contribution < -0.4 is 0 Å². The first-order valence-electron chi connectivity index (χ1n) is 12.8. The molecule has 1 aliphatic carbocycles. The quantitative estimate of drug-likeness (QED) is 0.495. The maximum Gasteiger partial charge on any atom is 0.410 e. The van der Waals surface area contributed by atoms with Gasteiger partial charge in [-0.3, -0.25) is 9.69 Å². The molecule has 0 radical (unpaired) electrons. The van der Waals surface area contributed by atoms with Crippen LogP contribution in [0.15, 0.2) is 72.8 Å². The van der Waals surface area contributed by atoms with E-state index in [0.717, 1.165) is 5.56 Å². The number of morpholine rings is 1. The predicted octanol–water partition coefficient (Wildman–Crippen LogP) is 5.10. The Hall–Kier alpha value is -3.95. The largest absolute Gasteiger partial charge is 0.448 e. The second-order valence-electron chi connectivity index (χ2n) is 10.2. The van der Waals surface area contributed by atoms with E-state index in [1.165, 1.54) is 22.3 Å². The molecule has 0 aromatic heterocycles. The Kier molecular flexibility index (Phi) is 6.23. The lowest BCUT2D eigenvalue weighted by Crippen LogP contribution is -2.60. The SMILES string of the molecule is N#Cc1cccc(CC(=O)C2CC3COCC(C2)N3C(=O)OCC2c3ccccc3-c3ccccc32)c1. The van der Waals surface area contributed by atoms with Crippen LogP contribution in [0, 0.1) is 17.2 Å². The van der Waals surface area contributed by atoms with Gasteiger partial charge in [-0.25, -0.2) is 4.79 Å². The fraction of sp³-hybridized carbons (Fsp3) is 0.323. The number of carbonyl (C=O) groups excluding carboxylic acids is 2. The minimum absolute atomic E-state index is 0.00994. The van der Waals surface area contributed by atoms with Crippen LogP contribution in [0.3, 0.4) is 0 Å². The summed E-state index contributed by atoms with van der Waals surface area (Å²) in [4.78, 5) is 28.3. The number of ether oxygens (including phenoxy) is 2. The van der Waals surface area contributed by atoms with E-state index < -0.39 is 0 Å². The van der Waals surface area contributed by atoms with Crippen molar-refractivity contribution in [2.24, 2.45) is 5.92 Å². The summed E-state index contributed by atoms with van der Waals surface area (Å²) in [5.74, 6) is 0.0252. The van der Waals surface area contributed by atoms with Gasteiger partial charge in [-0.2, -0.15) is 5.26 Å². The van der Waals surface area contributed by atoms with Crippen LogP contribution in [-0.2, 0) is 20.7 Å². The van der Waals surface area contributed by atoms with Crippen molar-refractivity contribution in [1.82, 2.24) is 4.90 Å². The highest BCUT2D eigenvalue weighted by Gasteiger charge is 2.44. The third-order valence-corrected chi connectivity index (χ3v) is 7.96. The lowest BCUT2D eigenvalue weighted by molar-refractivity contribution is -0.130. The molecule has 37 heavy (non-hydrogen) atoms. The van der Waals surface area contributed by atoms with E-state index in [4.69, 9.17) is 14.7 Å². The highest BCUT2D eigenvalue weighted by atomic mass is 16.6. The number of rotatable bonds is 5. The summed E-state index contributed by atoms with van der Waals surface area (Å²) >= 11 is 0. The van der Waals surface area contributed by atoms with Crippen LogP contribution in [0.4, 0.5) is 4.79 Å². The first-order valence-corrected chi connectivity index (χ1v) is 12.8. The lowest BCUT2D eigenvalue weighted by Gasteiger charge is -2.47. The number of carbonyl (C=O) groups is 2. The molecule has 0 spiro atoms. The van der Waals surface area contributed by atoms with E-state index in [1.807, 2.05) is 41.3 Å². The molecule has 1 amide bonds. The summed E-state index contributed by atoms with van der Waals surface area (Å²) < 4.78 is 11.7. The summed E-state index contributed by atoms with van der Waals surface area (Å²) in [5.41, 5.74) is 6.17. The zero-order chi connectivity index (χ0) is 25.4. The number of piperidine rings is 1. The average molecular weight is 493 g/mol. The molecule has 3 aromatic rings. The Morgan fingerprint density at radius 2 is 1.57 bits per heavy atom. The molecular formula is C31H28N2O4. The highest BCUT2D eigenvalue weighted by molar-refractivity contribution is 5.84. The van der Waals surface area contributed by atoms with E-state index in [1.54, 1.807) is 12.1 Å². The van der Waals surface area contributed by atoms with Crippen LogP contribution in [0.1, 0.15) is 41.0 Å². The Labute approximate surface area is 216 Å². The maximum atomic E-state index is 13.4. The van der Waals surface area contributed by atoms with Crippen LogP contribution in [0.5, 0.6) is 0 Å². The van der Waals surface area contributed by atoms with Gasteiger partial charge in [0, 0.05) is 18.3 Å². The molecule has 6 heteroatoms. The normalized spacial score (nSPS) is 22.0. The van der Waals surface area contributed by atoms with E-state index in [2.05, 4.69) is 30.3 Å². The lowest BCUT2D eigenvalue weighted by atomic mass is 9.81. The van der Waals surface area contributed by atoms with Crippen molar-refractivity contribution in [3.8, 4) is 17.2 Å². The number of benzene rings is 3. The van der Waals surface area contributed by atoms with E-state index >= 15 is 0 Å². The summed E-state index contributed by atoms with van der Waals surface area (Å²) in [6.07, 6.45) is 1.10. The molecule has 2 unspecified atom stereocenters. The second-order valence-corrected chi connectivity index (χ2v) is 10.2. The molecule has 2 saturated heterocycles. The zero-order valence-corrected chi connectivity index (χ0v) is 20.5. The van der Waals surface area contributed by atoms with Crippen molar-refractivity contribution >= 4 is 11.9 Å². The minimum Gasteiger partial charge on any atom is -0.448 e. The van der Waals surface area contributed by atoms with Crippen molar-refractivity contribution in [1.29, 1.82) is 5.26 Å². The second kappa shape index (κ2) is 9.84. The molecule has 2 aliphatic heterocycles. The molecule has 6 rings (SSSR count). The zero-order valence-electron chi connectivity index (χ0n) is 20.5. The van der Waals surface area contributed by atoms with Crippen molar-refractivity contribution in [2.75, 3.05) is 19.8 Å². The fourth-order valence-electron chi connectivity index (χ4n) is 6.24. The van der Waals surface area contributed by atoms with Crippen LogP contribution in [0.2, 0.25) is 0 Å². The predicted molar refractivity (Wildman–Crippen MR) is 138 cm³/mol. The molecular weight excluding hydrogens is 464 g/mol. The molecule has 3 aliphatic rings. The van der Waals surface area contributed by atoms with Crippen LogP contribution in [0.25, 0.3) is 11.1 Å². The monoisotopic (exact) mass is 492 g/mol. The number of Topliss-reactive ketones (excluding diaryl/α,β-unsaturated/α-hetero) is 1. The van der Waals surface area contributed by atoms with Gasteiger partial charge >= 0.3 is 6.09 Å². The summed E-state index contributed by atoms with van der Waals surface area (Å²) in [7, 11) is 0. The van der Waals surface area contributed by atoms with Crippen molar-refractivity contribution in [3.05, 3.63) is 95.1 Å². The van der Waals surface area contributed by atoms with Gasteiger partial charge in [0.1, 0.15) is 12.4 Å². The number of fused-ring (bicyclic) bond motifs is 5. The molecule has 186 valence electrons. The number of hydrogen-bond donors (Lipinski definition) is 0. The Bertz CT molecular complexity index is 1330. The van der Waals surface area contributed by atoms with E-state index in [0.29, 0.717) is 38.0 Å². The molecule has 2 atom stereocenters. The van der Waals surface area contributed by atoms with Crippen LogP contribution >= 0.6 is 0 Å². The van der Waals surface area contributed by atoms with Gasteiger partial charge in [0.25, 0.3) is 0 Å². The molecule has 2 fully saturated rings. The molecule has 6 nitrogen and oxygen atoms in total. The molecule has 0 saturated carbocycles.